The van der Waals surface area contributed by atoms with Gasteiger partial charge in [-0.1, -0.05) is 337 Å². The number of aryl methyl sites for hydroxylation is 2. The van der Waals surface area contributed by atoms with Crippen molar-refractivity contribution in [1.29, 1.82) is 0 Å². The Morgan fingerprint density at radius 1 is 0.245 bits per heavy atom. The molecule has 0 saturated heterocycles. The molecule has 4 rings (SSSR count). The monoisotopic (exact) mass is 1360 g/mol. The highest BCUT2D eigenvalue weighted by Crippen LogP contribution is 2.26. The van der Waals surface area contributed by atoms with Crippen molar-refractivity contribution in [3.05, 3.63) is 60.2 Å². The molecule has 0 unspecified atom stereocenters. The molecular weight excluding hydrogens is 1210 g/mol. The molecular formula is C86H152N10O2. The van der Waals surface area contributed by atoms with E-state index in [-0.39, 0.29) is 0 Å². The zero-order chi connectivity index (χ0) is 69.5. The summed E-state index contributed by atoms with van der Waals surface area (Å²) in [6.07, 6.45) is 71.3. The summed E-state index contributed by atoms with van der Waals surface area (Å²) in [6, 6.07) is 16.8. The Kier molecular flexibility index (Phi) is 54.3. The minimum absolute atomic E-state index is 0.654. The number of unbranched alkanes of at least 4 members (excludes halogenated alkanes) is 47. The predicted octanol–water partition coefficient (Wildman–Crippen LogP) is 26.9. The molecule has 0 spiro atoms. The van der Waals surface area contributed by atoms with Gasteiger partial charge in [-0.25, -0.2) is 0 Å². The van der Waals surface area contributed by atoms with Crippen LogP contribution >= 0.6 is 0 Å². The van der Waals surface area contributed by atoms with Crippen LogP contribution < -0.4 is 29.9 Å². The smallest absolute Gasteiger partial charge is 0.232 e. The topological polar surface area (TPSA) is 126 Å². The maximum atomic E-state index is 6.20. The van der Waals surface area contributed by atoms with E-state index in [0.717, 1.165) is 124 Å². The number of nitrogens with zero attached hydrogens (tertiary/aromatic N) is 8. The third kappa shape index (κ3) is 45.2. The molecule has 0 fully saturated rings. The first-order chi connectivity index (χ1) is 48.5. The van der Waals surface area contributed by atoms with Gasteiger partial charge in [-0.3, -0.25) is 0 Å². The first-order valence-electron chi connectivity index (χ1n) is 42.5. The van der Waals surface area contributed by atoms with Gasteiger partial charge < -0.3 is 29.9 Å². The quantitative estimate of drug-likeness (QED) is 0.0409. The molecule has 0 aliphatic carbocycles. The Bertz CT molecular complexity index is 2190. The number of hydrogen-bond acceptors (Lipinski definition) is 12. The number of hydrogen-bond donors (Lipinski definition) is 2. The lowest BCUT2D eigenvalue weighted by molar-refractivity contribution is 0.304. The summed E-state index contributed by atoms with van der Waals surface area (Å²) in [5.41, 5.74) is 1.96. The van der Waals surface area contributed by atoms with Crippen molar-refractivity contribution in [1.82, 2.24) is 29.9 Å². The van der Waals surface area contributed by atoms with Crippen molar-refractivity contribution in [2.75, 3.05) is 59.8 Å². The average Bonchev–Trinajstić information content (AvgIpc) is 0.938. The van der Waals surface area contributed by atoms with Crippen LogP contribution in [0.2, 0.25) is 0 Å². The first-order valence-corrected chi connectivity index (χ1v) is 42.5. The van der Waals surface area contributed by atoms with Crippen molar-refractivity contribution < 1.29 is 9.47 Å². The average molecular weight is 1360 g/mol. The molecule has 2 N–H and O–H groups in total. The van der Waals surface area contributed by atoms with Crippen molar-refractivity contribution in [2.45, 2.75) is 401 Å². The normalized spacial score (nSPS) is 11.4. The van der Waals surface area contributed by atoms with E-state index >= 15 is 0 Å². The maximum absolute atomic E-state index is 6.20. The summed E-state index contributed by atoms with van der Waals surface area (Å²) < 4.78 is 12.4. The van der Waals surface area contributed by atoms with Crippen LogP contribution in [-0.4, -0.2) is 69.3 Å². The van der Waals surface area contributed by atoms with E-state index in [4.69, 9.17) is 39.4 Å². The Labute approximate surface area is 604 Å². The second-order valence-electron chi connectivity index (χ2n) is 29.2. The molecule has 0 amide bonds. The van der Waals surface area contributed by atoms with Crippen LogP contribution in [0.5, 0.6) is 11.5 Å². The highest BCUT2D eigenvalue weighted by molar-refractivity contribution is 5.57. The SMILES string of the molecule is CCCCCCCCCCCCOc1ccc(Nc2nc(CCCCCCCCCCCCc3nc(Nc4ccc(OCCCCCCCCCCCC)cc4)nc(N(CCCCCCCC)CCCCCCCC)n3)nc(N(CCCCCCCC)CCCCCCCC)n2)cc1. The number of benzene rings is 2. The molecule has 0 radical (unpaired) electrons. The summed E-state index contributed by atoms with van der Waals surface area (Å²) in [6.45, 7) is 19.3. The van der Waals surface area contributed by atoms with Gasteiger partial charge in [0.05, 0.1) is 13.2 Å². The highest BCUT2D eigenvalue weighted by atomic mass is 16.5. The molecule has 0 aliphatic rings. The van der Waals surface area contributed by atoms with Gasteiger partial charge in [-0.15, -0.1) is 0 Å². The van der Waals surface area contributed by atoms with Gasteiger partial charge in [0.1, 0.15) is 23.1 Å². The lowest BCUT2D eigenvalue weighted by Crippen LogP contribution is -2.28. The number of rotatable bonds is 71. The van der Waals surface area contributed by atoms with Gasteiger partial charge in [0.2, 0.25) is 23.8 Å². The third-order valence-corrected chi connectivity index (χ3v) is 19.8. The summed E-state index contributed by atoms with van der Waals surface area (Å²) in [7, 11) is 0. The maximum Gasteiger partial charge on any atom is 0.232 e. The third-order valence-electron chi connectivity index (χ3n) is 19.8. The van der Waals surface area contributed by atoms with Crippen molar-refractivity contribution in [3.8, 4) is 11.5 Å². The van der Waals surface area contributed by atoms with Crippen molar-refractivity contribution in [2.24, 2.45) is 0 Å². The lowest BCUT2D eigenvalue weighted by Gasteiger charge is -2.24. The first kappa shape index (κ1) is 85.7. The van der Waals surface area contributed by atoms with Gasteiger partial charge in [-0.05, 0) is 99.9 Å². The molecule has 0 aliphatic heterocycles. The van der Waals surface area contributed by atoms with E-state index in [1.807, 2.05) is 0 Å². The van der Waals surface area contributed by atoms with Gasteiger partial charge >= 0.3 is 0 Å². The van der Waals surface area contributed by atoms with Crippen LogP contribution in [0.15, 0.2) is 48.5 Å². The summed E-state index contributed by atoms with van der Waals surface area (Å²) in [5, 5.41) is 7.21. The fourth-order valence-electron chi connectivity index (χ4n) is 13.5. The molecule has 98 heavy (non-hydrogen) atoms. The van der Waals surface area contributed by atoms with Crippen LogP contribution in [-0.2, 0) is 12.8 Å². The van der Waals surface area contributed by atoms with E-state index in [2.05, 4.69) is 111 Å². The molecule has 12 heteroatoms. The number of ether oxygens (including phenoxy) is 2. The zero-order valence-corrected chi connectivity index (χ0v) is 64.9. The molecule has 2 heterocycles. The molecule has 2 aromatic carbocycles. The highest BCUT2D eigenvalue weighted by Gasteiger charge is 2.17. The van der Waals surface area contributed by atoms with Crippen LogP contribution in [0.3, 0.4) is 0 Å². The molecule has 4 aromatic rings. The predicted molar refractivity (Wildman–Crippen MR) is 425 cm³/mol. The van der Waals surface area contributed by atoms with E-state index < -0.39 is 0 Å². The minimum Gasteiger partial charge on any atom is -0.494 e. The van der Waals surface area contributed by atoms with E-state index in [0.29, 0.717) is 11.9 Å². The standard InChI is InChI=1S/C86H152N10O2/c1-7-13-19-25-31-33-39-43-51-59-75-97-79-67-63-77(64-68-79)87-83-89-81(91-85(93-83)95(71-55-47-27-21-15-9-3)72-56-48-28-22-16-10-4)61-53-45-41-37-35-36-38-42-46-54-62-82-90-84(88-78-65-69-80(70-66-78)98-76-60-52-44-40-34-32-26-20-14-8-2)94-86(92-82)96(73-57-49-29-23-17-11-5)74-58-50-30-24-18-12-6/h63-70H,7-62,71-76H2,1-6H3,(H,87,89,91,93)(H,88,90,92,94). The van der Waals surface area contributed by atoms with Crippen LogP contribution in [0.1, 0.15) is 400 Å². The van der Waals surface area contributed by atoms with Crippen LogP contribution in [0, 0.1) is 0 Å². The fraction of sp³-hybridized carbons (Fsp3) is 0.791. The number of nitrogens with one attached hydrogen (secondary N) is 2. The largest absolute Gasteiger partial charge is 0.494 e. The lowest BCUT2D eigenvalue weighted by atomic mass is 10.0. The molecule has 0 saturated carbocycles. The minimum atomic E-state index is 0.654. The summed E-state index contributed by atoms with van der Waals surface area (Å²) in [4.78, 5) is 36.0. The molecule has 12 nitrogen and oxygen atoms in total. The summed E-state index contributed by atoms with van der Waals surface area (Å²) >= 11 is 0. The zero-order valence-electron chi connectivity index (χ0n) is 64.9. The summed E-state index contributed by atoms with van der Waals surface area (Å²) in [5.74, 6) is 6.67. The Hall–Kier alpha value is -4.74. The Morgan fingerprint density at radius 2 is 0.469 bits per heavy atom. The molecule has 2 aromatic heterocycles. The van der Waals surface area contributed by atoms with Gasteiger partial charge in [0, 0.05) is 50.4 Å². The molecule has 0 bridgehead atoms. The van der Waals surface area contributed by atoms with Crippen molar-refractivity contribution in [3.63, 3.8) is 0 Å². The van der Waals surface area contributed by atoms with Crippen molar-refractivity contribution >= 4 is 35.2 Å². The van der Waals surface area contributed by atoms with E-state index in [1.54, 1.807) is 0 Å². The Balaban J connectivity index is 1.30. The second kappa shape index (κ2) is 62.1. The van der Waals surface area contributed by atoms with E-state index in [9.17, 15) is 0 Å². The van der Waals surface area contributed by atoms with Gasteiger partial charge in [-0.2, -0.15) is 29.9 Å². The Morgan fingerprint density at radius 3 is 0.724 bits per heavy atom. The molecule has 558 valence electrons. The second-order valence-corrected chi connectivity index (χ2v) is 29.2. The van der Waals surface area contributed by atoms with Gasteiger partial charge in [0.25, 0.3) is 0 Å². The van der Waals surface area contributed by atoms with Gasteiger partial charge in [0.15, 0.2) is 0 Å². The van der Waals surface area contributed by atoms with Crippen LogP contribution in [0.4, 0.5) is 35.2 Å². The number of aromatic nitrogens is 6. The van der Waals surface area contributed by atoms with E-state index in [1.165, 1.54) is 321 Å². The molecule has 0 atom stereocenters. The van der Waals surface area contributed by atoms with Crippen LogP contribution in [0.25, 0.3) is 0 Å². The number of anilines is 6. The fourth-order valence-corrected chi connectivity index (χ4v) is 13.5.